The SMILES string of the molecule is CC(OC(=O)C=CCCCCCCCCC(=O)OC(C)OC(=O)Cc1ccccc1)OC(=O)Cc1ccccc1. The molecule has 0 N–H and O–H groups in total. The Hall–Kier alpha value is -3.94. The van der Waals surface area contributed by atoms with E-state index in [2.05, 4.69) is 0 Å². The Bertz CT molecular complexity index is 1060. The number of allylic oxidation sites excluding steroid dienone is 1. The van der Waals surface area contributed by atoms with Crippen LogP contribution < -0.4 is 0 Å². The van der Waals surface area contributed by atoms with E-state index in [0.29, 0.717) is 6.42 Å². The number of unbranched alkanes of at least 4 members (excludes halogenated alkanes) is 6. The van der Waals surface area contributed by atoms with Crippen molar-refractivity contribution in [3.63, 3.8) is 0 Å². The molecule has 0 amide bonds. The summed E-state index contributed by atoms with van der Waals surface area (Å²) < 4.78 is 20.5. The smallest absolute Gasteiger partial charge is 0.333 e. The lowest BCUT2D eigenvalue weighted by molar-refractivity contribution is -0.184. The Balaban J connectivity index is 1.43. The molecule has 2 unspecified atom stereocenters. The number of carbonyl (C=O) groups is 4. The predicted octanol–water partition coefficient (Wildman–Crippen LogP) is 6.01. The second kappa shape index (κ2) is 19.2. The maximum Gasteiger partial charge on any atom is 0.333 e. The molecule has 2 atom stereocenters. The largest absolute Gasteiger partial charge is 0.425 e. The van der Waals surface area contributed by atoms with Crippen LogP contribution in [-0.4, -0.2) is 36.5 Å². The summed E-state index contributed by atoms with van der Waals surface area (Å²) in [6.07, 6.45) is 8.09. The van der Waals surface area contributed by atoms with E-state index in [1.165, 1.54) is 19.9 Å². The average molecular weight is 553 g/mol. The molecule has 0 saturated carbocycles. The van der Waals surface area contributed by atoms with Gasteiger partial charge in [-0.15, -0.1) is 0 Å². The first-order valence-electron chi connectivity index (χ1n) is 13.8. The zero-order valence-corrected chi connectivity index (χ0v) is 23.4. The van der Waals surface area contributed by atoms with Crippen LogP contribution in [0.2, 0.25) is 0 Å². The van der Waals surface area contributed by atoms with Crippen molar-refractivity contribution in [1.82, 2.24) is 0 Å². The van der Waals surface area contributed by atoms with E-state index >= 15 is 0 Å². The van der Waals surface area contributed by atoms with Crippen LogP contribution in [0.1, 0.15) is 76.3 Å². The van der Waals surface area contributed by atoms with Crippen LogP contribution in [0.5, 0.6) is 0 Å². The predicted molar refractivity (Wildman–Crippen MR) is 150 cm³/mol. The molecule has 0 spiro atoms. The van der Waals surface area contributed by atoms with Gasteiger partial charge in [0.15, 0.2) is 0 Å². The molecule has 8 heteroatoms. The molecule has 0 radical (unpaired) electrons. The third kappa shape index (κ3) is 15.5. The van der Waals surface area contributed by atoms with Gasteiger partial charge in [0, 0.05) is 26.3 Å². The Kier molecular flexibility index (Phi) is 15.5. The molecule has 2 aromatic carbocycles. The molecule has 2 rings (SSSR count). The summed E-state index contributed by atoms with van der Waals surface area (Å²) >= 11 is 0. The van der Waals surface area contributed by atoms with Crippen molar-refractivity contribution in [1.29, 1.82) is 0 Å². The highest BCUT2D eigenvalue weighted by molar-refractivity contribution is 5.82. The molecule has 216 valence electrons. The molecule has 2 aromatic rings. The molecule has 8 nitrogen and oxygen atoms in total. The monoisotopic (exact) mass is 552 g/mol. The van der Waals surface area contributed by atoms with E-state index in [4.69, 9.17) is 18.9 Å². The van der Waals surface area contributed by atoms with Gasteiger partial charge < -0.3 is 18.9 Å². The van der Waals surface area contributed by atoms with Crippen molar-refractivity contribution >= 4 is 23.9 Å². The summed E-state index contributed by atoms with van der Waals surface area (Å²) in [6, 6.07) is 18.4. The van der Waals surface area contributed by atoms with Gasteiger partial charge in [-0.2, -0.15) is 0 Å². The molecule has 0 aliphatic carbocycles. The highest BCUT2D eigenvalue weighted by Crippen LogP contribution is 2.11. The summed E-state index contributed by atoms with van der Waals surface area (Å²) in [7, 11) is 0. The van der Waals surface area contributed by atoms with Crippen LogP contribution in [0.4, 0.5) is 0 Å². The van der Waals surface area contributed by atoms with E-state index < -0.39 is 30.5 Å². The van der Waals surface area contributed by atoms with E-state index in [0.717, 1.165) is 49.7 Å². The molecule has 0 aliphatic heterocycles. The van der Waals surface area contributed by atoms with Crippen molar-refractivity contribution in [2.24, 2.45) is 0 Å². The van der Waals surface area contributed by atoms with Gasteiger partial charge in [-0.3, -0.25) is 14.4 Å². The number of carbonyl (C=O) groups excluding carboxylic acids is 4. The molecular weight excluding hydrogens is 512 g/mol. The van der Waals surface area contributed by atoms with Crippen LogP contribution in [0.15, 0.2) is 72.8 Å². The van der Waals surface area contributed by atoms with Gasteiger partial charge in [-0.1, -0.05) is 92.4 Å². The minimum Gasteiger partial charge on any atom is -0.425 e. The molecule has 40 heavy (non-hydrogen) atoms. The van der Waals surface area contributed by atoms with Gasteiger partial charge in [0.25, 0.3) is 0 Å². The maximum absolute atomic E-state index is 12.0. The van der Waals surface area contributed by atoms with E-state index in [-0.39, 0.29) is 25.2 Å². The highest BCUT2D eigenvalue weighted by atomic mass is 16.7. The zero-order valence-electron chi connectivity index (χ0n) is 23.4. The summed E-state index contributed by atoms with van der Waals surface area (Å²) in [5.74, 6) is -1.82. The molecule has 0 aliphatic rings. The van der Waals surface area contributed by atoms with Gasteiger partial charge >= 0.3 is 23.9 Å². The fourth-order valence-electron chi connectivity index (χ4n) is 3.89. The lowest BCUT2D eigenvalue weighted by atomic mass is 10.1. The van der Waals surface area contributed by atoms with E-state index in [1.807, 2.05) is 60.7 Å². The highest BCUT2D eigenvalue weighted by Gasteiger charge is 2.15. The van der Waals surface area contributed by atoms with Crippen molar-refractivity contribution in [2.45, 2.75) is 90.6 Å². The van der Waals surface area contributed by atoms with Crippen LogP contribution in [0.25, 0.3) is 0 Å². The Labute approximate surface area is 236 Å². The van der Waals surface area contributed by atoms with Crippen LogP contribution in [0.3, 0.4) is 0 Å². The first-order valence-corrected chi connectivity index (χ1v) is 13.8. The minimum atomic E-state index is -0.955. The number of rotatable bonds is 18. The second-order valence-corrected chi connectivity index (χ2v) is 9.43. The molecule has 0 saturated heterocycles. The summed E-state index contributed by atoms with van der Waals surface area (Å²) in [5.41, 5.74) is 1.67. The first-order chi connectivity index (χ1) is 19.3. The Morgan fingerprint density at radius 1 is 0.600 bits per heavy atom. The topological polar surface area (TPSA) is 105 Å². The van der Waals surface area contributed by atoms with Gasteiger partial charge in [0.1, 0.15) is 0 Å². The minimum absolute atomic E-state index is 0.120. The zero-order chi connectivity index (χ0) is 29.0. The van der Waals surface area contributed by atoms with Gasteiger partial charge in [-0.05, 0) is 30.4 Å². The normalized spacial score (nSPS) is 12.3. The third-order valence-electron chi connectivity index (χ3n) is 5.81. The molecule has 0 bridgehead atoms. The molecular formula is C32H40O8. The fraction of sp³-hybridized carbons (Fsp3) is 0.438. The summed E-state index contributed by atoms with van der Waals surface area (Å²) in [4.78, 5) is 47.7. The standard InChI is InChI=1S/C32H40O8/c1-25(39-31(35)23-27-17-11-9-12-18-27)37-29(33)21-15-7-5-3-4-6-8-16-22-30(34)38-26(2)40-32(36)24-28-19-13-10-14-20-28/h9-15,17-21,25-26H,3-8,16,22-24H2,1-2H3. The van der Waals surface area contributed by atoms with Crippen LogP contribution in [0, 0.1) is 0 Å². The molecule has 0 aromatic heterocycles. The number of hydrogen-bond donors (Lipinski definition) is 0. The lowest BCUT2D eigenvalue weighted by Crippen LogP contribution is -2.22. The van der Waals surface area contributed by atoms with E-state index in [9.17, 15) is 19.2 Å². The van der Waals surface area contributed by atoms with Crippen molar-refractivity contribution in [3.05, 3.63) is 83.9 Å². The fourth-order valence-corrected chi connectivity index (χ4v) is 3.89. The van der Waals surface area contributed by atoms with Gasteiger partial charge in [0.05, 0.1) is 12.8 Å². The molecule has 0 fully saturated rings. The molecule has 0 heterocycles. The number of esters is 4. The number of benzene rings is 2. The summed E-state index contributed by atoms with van der Waals surface area (Å²) in [5, 5.41) is 0. The van der Waals surface area contributed by atoms with Crippen LogP contribution >= 0.6 is 0 Å². The first kappa shape index (κ1) is 32.3. The van der Waals surface area contributed by atoms with Crippen molar-refractivity contribution in [3.8, 4) is 0 Å². The Morgan fingerprint density at radius 3 is 1.60 bits per heavy atom. The van der Waals surface area contributed by atoms with Crippen molar-refractivity contribution in [2.75, 3.05) is 0 Å². The van der Waals surface area contributed by atoms with Gasteiger partial charge in [0.2, 0.25) is 12.6 Å². The van der Waals surface area contributed by atoms with Crippen LogP contribution in [-0.2, 0) is 51.0 Å². The van der Waals surface area contributed by atoms with E-state index in [1.54, 1.807) is 6.08 Å². The third-order valence-corrected chi connectivity index (χ3v) is 5.81. The maximum atomic E-state index is 12.0. The average Bonchev–Trinajstić information content (AvgIpc) is 2.90. The lowest BCUT2D eigenvalue weighted by Gasteiger charge is -2.14. The van der Waals surface area contributed by atoms with Crippen molar-refractivity contribution < 1.29 is 38.1 Å². The quantitative estimate of drug-likeness (QED) is 0.0958. The Morgan fingerprint density at radius 2 is 1.05 bits per heavy atom. The summed E-state index contributed by atoms with van der Waals surface area (Å²) in [6.45, 7) is 3.05. The number of hydrogen-bond acceptors (Lipinski definition) is 8. The van der Waals surface area contributed by atoms with Gasteiger partial charge in [-0.25, -0.2) is 4.79 Å². The second-order valence-electron chi connectivity index (χ2n) is 9.43. The number of ether oxygens (including phenoxy) is 4.